The van der Waals surface area contributed by atoms with Crippen LogP contribution in [0.2, 0.25) is 0 Å². The number of likely N-dealkylation sites (N-methyl/N-ethyl adjacent to an activating group) is 1. The van der Waals surface area contributed by atoms with Gasteiger partial charge in [-0.25, -0.2) is 9.89 Å². The van der Waals surface area contributed by atoms with Gasteiger partial charge in [0.25, 0.3) is 0 Å². The third-order valence-electron chi connectivity index (χ3n) is 3.59. The molecule has 3 rings (SSSR count). The van der Waals surface area contributed by atoms with E-state index in [1.807, 2.05) is 7.05 Å². The van der Waals surface area contributed by atoms with Gasteiger partial charge >= 0.3 is 5.69 Å². The standard InChI is InChI=1S/C12H17N5O2/c1-13-8-4-2-3-5-9(8)19-11-7-6-10-14-15-12(18)17(10)16-11/h6-9,13H,2-5H2,1H3,(H,15,18). The molecule has 2 heterocycles. The number of aromatic amines is 1. The van der Waals surface area contributed by atoms with Crippen LogP contribution in [0.5, 0.6) is 5.88 Å². The number of hydrogen-bond donors (Lipinski definition) is 2. The Balaban J connectivity index is 1.83. The highest BCUT2D eigenvalue weighted by Crippen LogP contribution is 2.22. The van der Waals surface area contributed by atoms with E-state index in [1.54, 1.807) is 12.1 Å². The summed E-state index contributed by atoms with van der Waals surface area (Å²) in [6.07, 6.45) is 4.60. The lowest BCUT2D eigenvalue weighted by atomic mass is 9.92. The number of hydrogen-bond acceptors (Lipinski definition) is 5. The normalized spacial score (nSPS) is 23.6. The summed E-state index contributed by atoms with van der Waals surface area (Å²) in [6.45, 7) is 0. The fourth-order valence-corrected chi connectivity index (χ4v) is 2.57. The quantitative estimate of drug-likeness (QED) is 0.833. The molecule has 0 aliphatic heterocycles. The molecule has 0 amide bonds. The first-order chi connectivity index (χ1) is 9.28. The van der Waals surface area contributed by atoms with Gasteiger partial charge in [0.05, 0.1) is 0 Å². The van der Waals surface area contributed by atoms with Crippen molar-refractivity contribution in [1.29, 1.82) is 0 Å². The Bertz CT molecular complexity index is 620. The smallest absolute Gasteiger partial charge is 0.364 e. The number of nitrogens with zero attached hydrogens (tertiary/aromatic N) is 3. The predicted molar refractivity (Wildman–Crippen MR) is 69.3 cm³/mol. The molecule has 2 N–H and O–H groups in total. The first-order valence-electron chi connectivity index (χ1n) is 6.56. The van der Waals surface area contributed by atoms with Gasteiger partial charge in [0.2, 0.25) is 5.88 Å². The SMILES string of the molecule is CNC1CCCCC1Oc1ccc2n[nH]c(=O)n2n1. The van der Waals surface area contributed by atoms with Crippen LogP contribution in [0, 0.1) is 0 Å². The first kappa shape index (κ1) is 12.2. The van der Waals surface area contributed by atoms with Crippen molar-refractivity contribution in [2.75, 3.05) is 7.05 Å². The van der Waals surface area contributed by atoms with Crippen molar-refractivity contribution < 1.29 is 4.74 Å². The Kier molecular flexibility index (Phi) is 3.20. The fourth-order valence-electron chi connectivity index (χ4n) is 2.57. The molecule has 0 bridgehead atoms. The van der Waals surface area contributed by atoms with E-state index >= 15 is 0 Å². The average Bonchev–Trinajstić information content (AvgIpc) is 2.81. The lowest BCUT2D eigenvalue weighted by molar-refractivity contribution is 0.111. The van der Waals surface area contributed by atoms with E-state index in [2.05, 4.69) is 20.6 Å². The minimum atomic E-state index is -0.353. The highest BCUT2D eigenvalue weighted by molar-refractivity contribution is 5.35. The molecule has 0 aromatic carbocycles. The summed E-state index contributed by atoms with van der Waals surface area (Å²) in [6, 6.07) is 3.81. The first-order valence-corrected chi connectivity index (χ1v) is 6.56. The van der Waals surface area contributed by atoms with Crippen molar-refractivity contribution in [3.05, 3.63) is 22.6 Å². The second-order valence-corrected chi connectivity index (χ2v) is 4.81. The van der Waals surface area contributed by atoms with Gasteiger partial charge in [-0.1, -0.05) is 6.42 Å². The molecule has 1 aliphatic rings. The summed E-state index contributed by atoms with van der Waals surface area (Å²) in [7, 11) is 1.95. The van der Waals surface area contributed by atoms with Crippen LogP contribution in [-0.2, 0) is 0 Å². The number of rotatable bonds is 3. The maximum atomic E-state index is 11.5. The third-order valence-corrected chi connectivity index (χ3v) is 3.59. The lowest BCUT2D eigenvalue weighted by Crippen LogP contribution is -2.43. The van der Waals surface area contributed by atoms with E-state index in [0.717, 1.165) is 19.3 Å². The van der Waals surface area contributed by atoms with Crippen LogP contribution in [0.15, 0.2) is 16.9 Å². The molecule has 102 valence electrons. The molecule has 0 spiro atoms. The third kappa shape index (κ3) is 2.33. The Hall–Kier alpha value is -1.89. The van der Waals surface area contributed by atoms with E-state index < -0.39 is 0 Å². The molecule has 7 nitrogen and oxygen atoms in total. The number of nitrogens with one attached hydrogen (secondary N) is 2. The summed E-state index contributed by atoms with van der Waals surface area (Å²) in [5.74, 6) is 0.461. The van der Waals surface area contributed by atoms with E-state index in [0.29, 0.717) is 17.6 Å². The average molecular weight is 263 g/mol. The topological polar surface area (TPSA) is 84.3 Å². The van der Waals surface area contributed by atoms with Crippen LogP contribution < -0.4 is 15.7 Å². The van der Waals surface area contributed by atoms with E-state index in [1.165, 1.54) is 10.9 Å². The van der Waals surface area contributed by atoms with Gasteiger partial charge in [0, 0.05) is 12.1 Å². The summed E-state index contributed by atoms with van der Waals surface area (Å²) in [5, 5.41) is 13.6. The second-order valence-electron chi connectivity index (χ2n) is 4.81. The van der Waals surface area contributed by atoms with Crippen LogP contribution in [0.3, 0.4) is 0 Å². The summed E-state index contributed by atoms with van der Waals surface area (Å²) in [4.78, 5) is 11.5. The molecule has 0 saturated heterocycles. The fraction of sp³-hybridized carbons (Fsp3) is 0.583. The highest BCUT2D eigenvalue weighted by atomic mass is 16.5. The van der Waals surface area contributed by atoms with E-state index in [-0.39, 0.29) is 11.8 Å². The van der Waals surface area contributed by atoms with Crippen molar-refractivity contribution in [1.82, 2.24) is 25.1 Å². The minimum Gasteiger partial charge on any atom is -0.472 e. The predicted octanol–water partition coefficient (Wildman–Crippen LogP) is 0.327. The van der Waals surface area contributed by atoms with Gasteiger partial charge in [-0.2, -0.15) is 9.61 Å². The lowest BCUT2D eigenvalue weighted by Gasteiger charge is -2.31. The van der Waals surface area contributed by atoms with Crippen molar-refractivity contribution in [3.8, 4) is 5.88 Å². The maximum absolute atomic E-state index is 11.5. The van der Waals surface area contributed by atoms with Crippen LogP contribution in [0.4, 0.5) is 0 Å². The number of H-pyrrole nitrogens is 1. The molecular weight excluding hydrogens is 246 g/mol. The van der Waals surface area contributed by atoms with Gasteiger partial charge in [-0.15, -0.1) is 5.10 Å². The molecule has 1 aliphatic carbocycles. The highest BCUT2D eigenvalue weighted by Gasteiger charge is 2.25. The zero-order chi connectivity index (χ0) is 13.2. The van der Waals surface area contributed by atoms with Gasteiger partial charge in [0.15, 0.2) is 5.65 Å². The summed E-state index contributed by atoms with van der Waals surface area (Å²) < 4.78 is 7.13. The Morgan fingerprint density at radius 1 is 1.42 bits per heavy atom. The number of aromatic nitrogens is 4. The minimum absolute atomic E-state index is 0.103. The van der Waals surface area contributed by atoms with Crippen LogP contribution in [0.25, 0.3) is 5.65 Å². The molecular formula is C12H17N5O2. The molecule has 19 heavy (non-hydrogen) atoms. The van der Waals surface area contributed by atoms with E-state index in [9.17, 15) is 4.79 Å². The Morgan fingerprint density at radius 3 is 3.11 bits per heavy atom. The zero-order valence-corrected chi connectivity index (χ0v) is 10.8. The summed E-state index contributed by atoms with van der Waals surface area (Å²) in [5.41, 5.74) is 0.139. The largest absolute Gasteiger partial charge is 0.472 e. The second kappa shape index (κ2) is 5.00. The van der Waals surface area contributed by atoms with Crippen LogP contribution in [0.1, 0.15) is 25.7 Å². The Morgan fingerprint density at radius 2 is 2.26 bits per heavy atom. The van der Waals surface area contributed by atoms with Crippen molar-refractivity contribution >= 4 is 5.65 Å². The number of fused-ring (bicyclic) bond motifs is 1. The van der Waals surface area contributed by atoms with Gasteiger partial charge in [-0.05, 0) is 32.4 Å². The number of ether oxygens (including phenoxy) is 1. The van der Waals surface area contributed by atoms with Crippen molar-refractivity contribution in [3.63, 3.8) is 0 Å². The van der Waals surface area contributed by atoms with Crippen LogP contribution >= 0.6 is 0 Å². The molecule has 1 fully saturated rings. The summed E-state index contributed by atoms with van der Waals surface area (Å²) >= 11 is 0. The van der Waals surface area contributed by atoms with Crippen LogP contribution in [-0.4, -0.2) is 39.0 Å². The molecule has 0 radical (unpaired) electrons. The van der Waals surface area contributed by atoms with E-state index in [4.69, 9.17) is 4.74 Å². The van der Waals surface area contributed by atoms with Gasteiger partial charge in [-0.3, -0.25) is 0 Å². The monoisotopic (exact) mass is 263 g/mol. The van der Waals surface area contributed by atoms with Gasteiger partial charge < -0.3 is 10.1 Å². The molecule has 2 aromatic heterocycles. The molecule has 7 heteroatoms. The maximum Gasteiger partial charge on any atom is 0.364 e. The molecule has 1 saturated carbocycles. The molecule has 2 aromatic rings. The van der Waals surface area contributed by atoms with Crippen molar-refractivity contribution in [2.45, 2.75) is 37.8 Å². The van der Waals surface area contributed by atoms with Gasteiger partial charge in [0.1, 0.15) is 6.10 Å². The molecule has 2 unspecified atom stereocenters. The van der Waals surface area contributed by atoms with Crippen molar-refractivity contribution in [2.24, 2.45) is 0 Å². The Labute approximate surface area is 110 Å². The zero-order valence-electron chi connectivity index (χ0n) is 10.8. The molecule has 2 atom stereocenters.